The van der Waals surface area contributed by atoms with E-state index >= 15 is 8.78 Å². The molecule has 0 aliphatic carbocycles. The summed E-state index contributed by atoms with van der Waals surface area (Å²) in [4.78, 5) is 37.1. The molecule has 29 heteroatoms. The lowest BCUT2D eigenvalue weighted by atomic mass is 9.77. The number of carbonyl (C=O) groups excluding carboxylic acids is 3. The molecule has 8 nitrogen and oxygen atoms in total. The molecule has 96 heavy (non-hydrogen) atoms. The molecule has 0 radical (unpaired) electrons. The van der Waals surface area contributed by atoms with Crippen molar-refractivity contribution >= 4 is 39.9 Å². The zero-order valence-electron chi connectivity index (χ0n) is 48.3. The van der Waals surface area contributed by atoms with E-state index < -0.39 is 134 Å². The third kappa shape index (κ3) is 19.5. The van der Waals surface area contributed by atoms with E-state index in [1.165, 1.54) is 12.1 Å². The van der Waals surface area contributed by atoms with Crippen LogP contribution in [0.3, 0.4) is 0 Å². The SMILES string of the molecule is O=C(Cl)c1ccc(F)c(C(F)(F)F)c1.O=C(N[C@@](Cc1ccccc1)(c1cc(F)cc(OC(F)(F)C(F)F)c1)c1ccc(F)c(NCc2ccccc2)c1)c1ccc(F)c(C(F)(F)F)c1.O=C(c1cc(F)cc(OC(F)(F)C(F)F)c1)c1ccc(F)c(NCc2ccccc2)c1. The average Bonchev–Trinajstić information content (AvgIpc) is 0.753. The fourth-order valence-corrected chi connectivity index (χ4v) is 9.10. The molecule has 9 aromatic carbocycles. The quantitative estimate of drug-likeness (QED) is 0.0374. The molecule has 0 aliphatic rings. The average molecular weight is 1390 g/mol. The number of benzene rings is 9. The van der Waals surface area contributed by atoms with Crippen molar-refractivity contribution in [2.45, 2.75) is 62.5 Å². The van der Waals surface area contributed by atoms with Gasteiger partial charge in [0.05, 0.1) is 28.0 Å². The summed E-state index contributed by atoms with van der Waals surface area (Å²) < 4.78 is 276. The van der Waals surface area contributed by atoms with Gasteiger partial charge in [-0.3, -0.25) is 14.4 Å². The summed E-state index contributed by atoms with van der Waals surface area (Å²) in [6.07, 6.45) is -28.8. The van der Waals surface area contributed by atoms with Gasteiger partial charge in [-0.2, -0.15) is 61.5 Å². The molecule has 0 spiro atoms. The molecule has 0 heterocycles. The smallest absolute Gasteiger partial charge is 0.428 e. The number of nitrogens with one attached hydrogen (secondary N) is 3. The van der Waals surface area contributed by atoms with E-state index in [1.54, 1.807) is 72.8 Å². The van der Waals surface area contributed by atoms with E-state index in [2.05, 4.69) is 25.4 Å². The van der Waals surface area contributed by atoms with E-state index in [9.17, 15) is 93.4 Å². The Labute approximate surface area is 536 Å². The molecule has 0 aliphatic heterocycles. The summed E-state index contributed by atoms with van der Waals surface area (Å²) in [6, 6.07) is 39.4. The molecule has 0 unspecified atom stereocenters. The lowest BCUT2D eigenvalue weighted by Crippen LogP contribution is -2.49. The third-order valence-corrected chi connectivity index (χ3v) is 13.7. The second kappa shape index (κ2) is 31.0. The highest BCUT2D eigenvalue weighted by atomic mass is 35.5. The summed E-state index contributed by atoms with van der Waals surface area (Å²) in [5.41, 5.74) is -5.67. The lowest BCUT2D eigenvalue weighted by molar-refractivity contribution is -0.253. The zero-order valence-corrected chi connectivity index (χ0v) is 49.1. The van der Waals surface area contributed by atoms with Crippen LogP contribution in [0.15, 0.2) is 200 Å². The number of ketones is 1. The predicted octanol–water partition coefficient (Wildman–Crippen LogP) is 19.2. The first-order chi connectivity index (χ1) is 45.0. The highest BCUT2D eigenvalue weighted by molar-refractivity contribution is 6.67. The molecule has 3 N–H and O–H groups in total. The molecule has 0 saturated heterocycles. The number of halogens is 21. The fraction of sp³-hybridized carbons (Fsp3) is 0.149. The Kier molecular flexibility index (Phi) is 23.6. The van der Waals surface area contributed by atoms with Crippen molar-refractivity contribution in [1.82, 2.24) is 5.32 Å². The van der Waals surface area contributed by atoms with Gasteiger partial charge in [-0.25, -0.2) is 26.3 Å². The molecule has 9 rings (SSSR count). The minimum Gasteiger partial charge on any atom is -0.428 e. The van der Waals surface area contributed by atoms with Crippen LogP contribution in [-0.4, -0.2) is 42.0 Å². The maximum absolute atomic E-state index is 15.3. The number of hydrogen-bond donors (Lipinski definition) is 3. The van der Waals surface area contributed by atoms with Gasteiger partial charge in [0.25, 0.3) is 11.1 Å². The van der Waals surface area contributed by atoms with Gasteiger partial charge in [0, 0.05) is 53.9 Å². The minimum absolute atomic E-state index is 0.00758. The van der Waals surface area contributed by atoms with Gasteiger partial charge in [0.1, 0.15) is 46.4 Å². The van der Waals surface area contributed by atoms with E-state index in [0.717, 1.165) is 65.7 Å². The van der Waals surface area contributed by atoms with Crippen LogP contribution in [0.4, 0.5) is 99.2 Å². The van der Waals surface area contributed by atoms with Crippen LogP contribution < -0.4 is 25.4 Å². The first-order valence-electron chi connectivity index (χ1n) is 27.4. The molecule has 0 bridgehead atoms. The van der Waals surface area contributed by atoms with Gasteiger partial charge in [-0.15, -0.1) is 0 Å². The van der Waals surface area contributed by atoms with Gasteiger partial charge >= 0.3 is 37.4 Å². The third-order valence-electron chi connectivity index (χ3n) is 13.5. The van der Waals surface area contributed by atoms with Gasteiger partial charge in [0.15, 0.2) is 5.78 Å². The predicted molar refractivity (Wildman–Crippen MR) is 311 cm³/mol. The number of ether oxygens (including phenoxy) is 2. The zero-order chi connectivity index (χ0) is 70.5. The van der Waals surface area contributed by atoms with Gasteiger partial charge in [0.2, 0.25) is 0 Å². The van der Waals surface area contributed by atoms with Crippen LogP contribution in [0.2, 0.25) is 0 Å². The van der Waals surface area contributed by atoms with Gasteiger partial charge in [-0.1, -0.05) is 97.1 Å². The van der Waals surface area contributed by atoms with Crippen LogP contribution in [0.5, 0.6) is 11.5 Å². The summed E-state index contributed by atoms with van der Waals surface area (Å²) >= 11 is 4.95. The molecule has 1 atom stereocenters. The Morgan fingerprint density at radius 2 is 0.823 bits per heavy atom. The minimum atomic E-state index is -5.21. The topological polar surface area (TPSA) is 106 Å². The van der Waals surface area contributed by atoms with Crippen molar-refractivity contribution in [2.24, 2.45) is 0 Å². The first kappa shape index (κ1) is 73.3. The van der Waals surface area contributed by atoms with Crippen molar-refractivity contribution < 1.29 is 112 Å². The molecule has 0 saturated carbocycles. The van der Waals surface area contributed by atoms with Gasteiger partial charge in [-0.05, 0) is 130 Å². The van der Waals surface area contributed by atoms with Crippen LogP contribution >= 0.6 is 11.6 Å². The van der Waals surface area contributed by atoms with E-state index in [1.807, 2.05) is 18.2 Å². The van der Waals surface area contributed by atoms with Crippen LogP contribution in [0.25, 0.3) is 0 Å². The maximum Gasteiger partial charge on any atom is 0.461 e. The molecule has 0 aromatic heterocycles. The van der Waals surface area contributed by atoms with Crippen molar-refractivity contribution in [2.75, 3.05) is 10.6 Å². The molecular weight excluding hydrogens is 1340 g/mol. The number of rotatable bonds is 21. The Hall–Kier alpha value is -10.1. The second-order valence-corrected chi connectivity index (χ2v) is 20.7. The highest BCUT2D eigenvalue weighted by Crippen LogP contribution is 2.41. The first-order valence-corrected chi connectivity index (χ1v) is 27.7. The fourth-order valence-electron chi connectivity index (χ4n) is 8.98. The Bertz CT molecular complexity index is 4190. The van der Waals surface area contributed by atoms with Crippen LogP contribution in [-0.2, 0) is 37.4 Å². The van der Waals surface area contributed by atoms with Crippen molar-refractivity contribution in [3.63, 3.8) is 0 Å². The van der Waals surface area contributed by atoms with E-state index in [4.69, 9.17) is 11.6 Å². The molecule has 1 amide bonds. The number of hydrogen-bond acceptors (Lipinski definition) is 7. The number of anilines is 2. The number of carbonyl (C=O) groups is 3. The molecular formula is C67H44ClF20N3O5. The van der Waals surface area contributed by atoms with E-state index in [-0.39, 0.29) is 53.6 Å². The summed E-state index contributed by atoms with van der Waals surface area (Å²) in [6.45, 7) is 0.353. The Morgan fingerprint density at radius 3 is 1.30 bits per heavy atom. The molecule has 0 fully saturated rings. The number of amides is 1. The van der Waals surface area contributed by atoms with Gasteiger partial charge < -0.3 is 25.4 Å². The second-order valence-electron chi connectivity index (χ2n) is 20.4. The Balaban J connectivity index is 0.000000242. The summed E-state index contributed by atoms with van der Waals surface area (Å²) in [5, 5.41) is 7.23. The lowest BCUT2D eigenvalue weighted by Gasteiger charge is -2.37. The van der Waals surface area contributed by atoms with Crippen LogP contribution in [0.1, 0.15) is 75.6 Å². The standard InChI is InChI=1S/C37H26F10N2O2.C22H15F6NO2.C8H3ClF4O/c38-27-16-26(17-28(19-27)51-37(46,47)34(41)42)35(20-22-7-3-1-4-8-22,49-33(50)24-11-13-30(39)29(15-24)36(43,44)45)25-12-14-31(40)32(18-25)48-21-23-9-5-2-6-10-23;23-16-8-15(9-17(11-16)31-22(27,28)21(25)26)20(30)14-6-7-18(24)19(10-14)29-12-13-4-2-1-3-5-13;9-7(14)4-1-2-6(10)5(3-4)8(11,12)13/h1-19,34,48H,20-21H2,(H,49,50);1-11,21,29H,12H2;1-3H/t35-;;/m1../s1. The van der Waals surface area contributed by atoms with E-state index in [0.29, 0.717) is 42.0 Å². The summed E-state index contributed by atoms with van der Waals surface area (Å²) in [5.74, 6) is -11.1. The normalized spacial score (nSPS) is 12.3. The highest BCUT2D eigenvalue weighted by Gasteiger charge is 2.46. The monoisotopic (exact) mass is 1390 g/mol. The molecule has 9 aromatic rings. The summed E-state index contributed by atoms with van der Waals surface area (Å²) in [7, 11) is 0. The largest absolute Gasteiger partial charge is 0.461 e. The van der Waals surface area contributed by atoms with Crippen LogP contribution in [0, 0.1) is 34.9 Å². The van der Waals surface area contributed by atoms with Crippen molar-refractivity contribution in [3.05, 3.63) is 296 Å². The molecule has 504 valence electrons. The Morgan fingerprint density at radius 1 is 0.406 bits per heavy atom. The number of alkyl halides is 14. The maximum atomic E-state index is 15.3. The van der Waals surface area contributed by atoms with Crippen molar-refractivity contribution in [3.8, 4) is 11.5 Å². The van der Waals surface area contributed by atoms with Crippen molar-refractivity contribution in [1.29, 1.82) is 0 Å².